The molecule has 6 unspecified atom stereocenters. The number of nitrogens with two attached hydrogens (primary N) is 1. The van der Waals surface area contributed by atoms with E-state index in [9.17, 15) is 34.5 Å². The van der Waals surface area contributed by atoms with E-state index in [1.165, 1.54) is 13.8 Å². The van der Waals surface area contributed by atoms with Crippen LogP contribution in [0.5, 0.6) is 0 Å². The number of carboxylic acid groups (broad SMARTS) is 1. The molecule has 0 aliphatic rings. The third kappa shape index (κ3) is 8.27. The van der Waals surface area contributed by atoms with Crippen LogP contribution in [0.25, 0.3) is 10.9 Å². The molecule has 0 aliphatic carbocycles. The molecule has 0 aliphatic heterocycles. The van der Waals surface area contributed by atoms with Crippen molar-refractivity contribution in [2.24, 2.45) is 11.7 Å². The number of hydrogen-bond acceptors (Lipinski definition) is 7. The van der Waals surface area contributed by atoms with Crippen molar-refractivity contribution >= 4 is 34.6 Å². The van der Waals surface area contributed by atoms with Crippen LogP contribution in [0.1, 0.15) is 39.7 Å². The van der Waals surface area contributed by atoms with Crippen LogP contribution in [-0.4, -0.2) is 80.4 Å². The highest BCUT2D eigenvalue weighted by molar-refractivity contribution is 5.95. The highest BCUT2D eigenvalue weighted by Gasteiger charge is 2.34. The molecule has 0 saturated carbocycles. The molecule has 3 amide bonds. The number of amides is 3. The number of para-hydroxylation sites is 1. The van der Waals surface area contributed by atoms with E-state index in [-0.39, 0.29) is 12.3 Å². The Balaban J connectivity index is 2.13. The monoisotopic (exact) mass is 519 g/mol. The molecule has 12 heteroatoms. The van der Waals surface area contributed by atoms with Gasteiger partial charge in [-0.15, -0.1) is 0 Å². The molecule has 1 heterocycles. The number of carbonyl (C=O) groups is 4. The van der Waals surface area contributed by atoms with Crippen molar-refractivity contribution in [3.63, 3.8) is 0 Å². The number of aliphatic hydroxyl groups is 2. The average molecular weight is 520 g/mol. The summed E-state index contributed by atoms with van der Waals surface area (Å²) in [6.07, 6.45) is -0.806. The summed E-state index contributed by atoms with van der Waals surface area (Å²) in [6, 6.07) is 2.01. The Kier molecular flexibility index (Phi) is 10.6. The Hall–Kier alpha value is -3.48. The molecule has 204 valence electrons. The third-order valence-corrected chi connectivity index (χ3v) is 5.90. The largest absolute Gasteiger partial charge is 0.480 e. The fraction of sp³-hybridized carbons (Fsp3) is 0.520. The van der Waals surface area contributed by atoms with Crippen molar-refractivity contribution in [3.05, 3.63) is 36.0 Å². The Morgan fingerprint density at radius 3 is 1.97 bits per heavy atom. The smallest absolute Gasteiger partial charge is 0.326 e. The van der Waals surface area contributed by atoms with Crippen molar-refractivity contribution in [2.75, 3.05) is 0 Å². The second kappa shape index (κ2) is 13.2. The zero-order valence-corrected chi connectivity index (χ0v) is 21.4. The third-order valence-electron chi connectivity index (χ3n) is 5.90. The summed E-state index contributed by atoms with van der Waals surface area (Å²) >= 11 is 0. The maximum Gasteiger partial charge on any atom is 0.326 e. The van der Waals surface area contributed by atoms with E-state index in [2.05, 4.69) is 20.9 Å². The van der Waals surface area contributed by atoms with Gasteiger partial charge in [-0.2, -0.15) is 0 Å². The van der Waals surface area contributed by atoms with Crippen LogP contribution in [0.2, 0.25) is 0 Å². The number of rotatable bonds is 13. The standard InChI is InChI=1S/C25H37N5O7/c1-12(2)9-17(26)22(33)29-21(14(4)32)24(35)30-20(13(3)31)23(34)28-19(25(36)37)10-15-11-27-18-8-6-5-7-16(15)18/h5-8,11-14,17,19-21,27,31-32H,9-10,26H2,1-4H3,(H,28,34)(H,29,33)(H,30,35)(H,36,37). The van der Waals surface area contributed by atoms with E-state index in [1.54, 1.807) is 12.3 Å². The molecular weight excluding hydrogens is 482 g/mol. The molecule has 37 heavy (non-hydrogen) atoms. The van der Waals surface area contributed by atoms with Gasteiger partial charge in [-0.25, -0.2) is 4.79 Å². The summed E-state index contributed by atoms with van der Waals surface area (Å²) in [5, 5.41) is 37.8. The highest BCUT2D eigenvalue weighted by Crippen LogP contribution is 2.19. The van der Waals surface area contributed by atoms with E-state index in [0.29, 0.717) is 12.0 Å². The van der Waals surface area contributed by atoms with E-state index in [4.69, 9.17) is 5.73 Å². The molecule has 2 rings (SSSR count). The summed E-state index contributed by atoms with van der Waals surface area (Å²) in [4.78, 5) is 53.1. The molecule has 12 nitrogen and oxygen atoms in total. The lowest BCUT2D eigenvalue weighted by molar-refractivity contribution is -0.143. The predicted octanol–water partition coefficient (Wildman–Crippen LogP) is -0.616. The van der Waals surface area contributed by atoms with Crippen LogP contribution in [0.4, 0.5) is 0 Å². The first-order chi connectivity index (χ1) is 17.3. The van der Waals surface area contributed by atoms with Gasteiger partial charge in [-0.05, 0) is 37.8 Å². The number of fused-ring (bicyclic) bond motifs is 1. The van der Waals surface area contributed by atoms with E-state index >= 15 is 0 Å². The van der Waals surface area contributed by atoms with E-state index in [1.807, 2.05) is 32.0 Å². The first kappa shape index (κ1) is 29.7. The minimum absolute atomic E-state index is 0.0499. The number of nitrogens with one attached hydrogen (secondary N) is 4. The van der Waals surface area contributed by atoms with Crippen LogP contribution < -0.4 is 21.7 Å². The second-order valence-electron chi connectivity index (χ2n) is 9.65. The minimum Gasteiger partial charge on any atom is -0.480 e. The topological polar surface area (TPSA) is 207 Å². The van der Waals surface area contributed by atoms with Crippen LogP contribution in [-0.2, 0) is 25.6 Å². The Morgan fingerprint density at radius 2 is 1.43 bits per heavy atom. The zero-order chi connectivity index (χ0) is 27.9. The highest BCUT2D eigenvalue weighted by atomic mass is 16.4. The summed E-state index contributed by atoms with van der Waals surface area (Å²) in [5.74, 6) is -3.72. The van der Waals surface area contributed by atoms with E-state index < -0.39 is 60.1 Å². The van der Waals surface area contributed by atoms with Crippen molar-refractivity contribution in [2.45, 2.75) is 76.9 Å². The molecule has 0 fully saturated rings. The maximum absolute atomic E-state index is 12.9. The summed E-state index contributed by atoms with van der Waals surface area (Å²) < 4.78 is 0. The number of benzene rings is 1. The molecule has 1 aromatic carbocycles. The van der Waals surface area contributed by atoms with Crippen molar-refractivity contribution in [3.8, 4) is 0 Å². The van der Waals surface area contributed by atoms with Gasteiger partial charge in [-0.1, -0.05) is 32.0 Å². The van der Waals surface area contributed by atoms with Gasteiger partial charge in [0.05, 0.1) is 18.2 Å². The first-order valence-corrected chi connectivity index (χ1v) is 12.1. The molecule has 9 N–H and O–H groups in total. The summed E-state index contributed by atoms with van der Waals surface area (Å²) in [6.45, 7) is 6.27. The quantitative estimate of drug-likeness (QED) is 0.171. The molecular formula is C25H37N5O7. The number of aliphatic carboxylic acids is 1. The van der Waals surface area contributed by atoms with Gasteiger partial charge in [-0.3, -0.25) is 14.4 Å². The lowest BCUT2D eigenvalue weighted by atomic mass is 10.0. The van der Waals surface area contributed by atoms with Crippen molar-refractivity contribution < 1.29 is 34.5 Å². The van der Waals surface area contributed by atoms with Crippen LogP contribution in [0, 0.1) is 5.92 Å². The van der Waals surface area contributed by atoms with Gasteiger partial charge in [0.15, 0.2) is 0 Å². The second-order valence-corrected chi connectivity index (χ2v) is 9.65. The number of hydrogen-bond donors (Lipinski definition) is 8. The lowest BCUT2D eigenvalue weighted by Gasteiger charge is -2.27. The lowest BCUT2D eigenvalue weighted by Crippen LogP contribution is -2.62. The molecule has 0 saturated heterocycles. The SMILES string of the molecule is CC(C)CC(N)C(=O)NC(C(=O)NC(C(=O)NC(Cc1c[nH]c2ccccc12)C(=O)O)C(C)O)C(C)O. The predicted molar refractivity (Wildman–Crippen MR) is 136 cm³/mol. The molecule has 0 spiro atoms. The number of carboxylic acids is 1. The number of aliphatic hydroxyl groups excluding tert-OH is 2. The normalized spacial score (nSPS) is 16.3. The van der Waals surface area contributed by atoms with E-state index in [0.717, 1.165) is 10.9 Å². The number of aromatic amines is 1. The Bertz CT molecular complexity index is 1100. The Labute approximate surface area is 215 Å². The molecule has 6 atom stereocenters. The van der Waals surface area contributed by atoms with Crippen LogP contribution in [0.15, 0.2) is 30.5 Å². The maximum atomic E-state index is 12.9. The average Bonchev–Trinajstić information content (AvgIpc) is 3.21. The first-order valence-electron chi connectivity index (χ1n) is 12.1. The number of aromatic nitrogens is 1. The number of carbonyl (C=O) groups excluding carboxylic acids is 3. The molecule has 2 aromatic rings. The summed E-state index contributed by atoms with van der Waals surface area (Å²) in [7, 11) is 0. The summed E-state index contributed by atoms with van der Waals surface area (Å²) in [5.41, 5.74) is 7.32. The fourth-order valence-electron chi connectivity index (χ4n) is 3.91. The van der Waals surface area contributed by atoms with Crippen molar-refractivity contribution in [1.82, 2.24) is 20.9 Å². The van der Waals surface area contributed by atoms with Gasteiger partial charge < -0.3 is 42.0 Å². The molecule has 1 aromatic heterocycles. The van der Waals surface area contributed by atoms with Gasteiger partial charge in [0.1, 0.15) is 18.1 Å². The van der Waals surface area contributed by atoms with Crippen LogP contribution in [0.3, 0.4) is 0 Å². The molecule has 0 radical (unpaired) electrons. The fourth-order valence-corrected chi connectivity index (χ4v) is 3.91. The Morgan fingerprint density at radius 1 is 0.892 bits per heavy atom. The van der Waals surface area contributed by atoms with Crippen LogP contribution >= 0.6 is 0 Å². The molecule has 0 bridgehead atoms. The minimum atomic E-state index is -1.56. The van der Waals surface area contributed by atoms with Crippen molar-refractivity contribution in [1.29, 1.82) is 0 Å². The van der Waals surface area contributed by atoms with Gasteiger partial charge >= 0.3 is 5.97 Å². The van der Waals surface area contributed by atoms with Gasteiger partial charge in [0.2, 0.25) is 17.7 Å². The number of H-pyrrole nitrogens is 1. The van der Waals surface area contributed by atoms with Gasteiger partial charge in [0, 0.05) is 23.5 Å². The van der Waals surface area contributed by atoms with Gasteiger partial charge in [0.25, 0.3) is 0 Å². The zero-order valence-electron chi connectivity index (χ0n) is 21.4.